The van der Waals surface area contributed by atoms with E-state index < -0.39 is 0 Å². The molecule has 2 heterocycles. The minimum atomic E-state index is -0.00652. The molecule has 6 aromatic rings. The maximum atomic E-state index is 5.54. The Hall–Kier alpha value is -4.93. The first kappa shape index (κ1) is 50.2. The van der Waals surface area contributed by atoms with Gasteiger partial charge in [-0.15, -0.1) is 12.6 Å². The van der Waals surface area contributed by atoms with E-state index in [1.54, 1.807) is 0 Å². The highest BCUT2D eigenvalue weighted by molar-refractivity contribution is 7.80. The highest BCUT2D eigenvalue weighted by Crippen LogP contribution is 2.56. The third-order valence-electron chi connectivity index (χ3n) is 19.4. The van der Waals surface area contributed by atoms with Crippen LogP contribution in [0, 0.1) is 20.8 Å². The van der Waals surface area contributed by atoms with E-state index in [0.717, 1.165) is 30.6 Å². The van der Waals surface area contributed by atoms with Crippen LogP contribution in [0.25, 0.3) is 16.8 Å². The molecular weight excluding hydrogens is 900 g/mol. The van der Waals surface area contributed by atoms with Crippen LogP contribution in [-0.4, -0.2) is 6.71 Å². The van der Waals surface area contributed by atoms with Crippen LogP contribution in [0.1, 0.15) is 204 Å². The van der Waals surface area contributed by atoms with Gasteiger partial charge < -0.3 is 9.80 Å². The second-order valence-electron chi connectivity index (χ2n) is 28.6. The fraction of sp³-hybridized carbons (Fsp3) is 0.449. The van der Waals surface area contributed by atoms with Gasteiger partial charge in [-0.2, -0.15) is 0 Å². The molecule has 0 N–H and O–H groups in total. The summed E-state index contributed by atoms with van der Waals surface area (Å²) in [4.78, 5) is 6.44. The maximum absolute atomic E-state index is 5.54. The van der Waals surface area contributed by atoms with E-state index >= 15 is 0 Å². The first-order valence-corrected chi connectivity index (χ1v) is 28.3. The lowest BCUT2D eigenvalue weighted by molar-refractivity contribution is 0.331. The zero-order chi connectivity index (χ0) is 52.5. The first-order chi connectivity index (χ1) is 33.9. The average Bonchev–Trinajstić information content (AvgIpc) is 3.30. The lowest BCUT2D eigenvalue weighted by atomic mass is 9.36. The minimum absolute atomic E-state index is 0.00652. The Morgan fingerprint density at radius 2 is 0.890 bits per heavy atom. The molecule has 73 heavy (non-hydrogen) atoms. The molecule has 0 bridgehead atoms. The summed E-state index contributed by atoms with van der Waals surface area (Å²) < 4.78 is 0. The molecule has 378 valence electrons. The SMILES string of the molecule is Cc1cc2c3c(c1)N(c1cc4c(cc1-c1c(C)cccc1C)C(C)(C)CCC4(C)C)c1cc4c(cc1B3C=C(c1cc3c(cc1S)C(C)(C)CCC3(C)C)N2c1ccc(C(C)(C)C)cc1)C(C)(C)CCC4(C)C. The Kier molecular flexibility index (Phi) is 11.2. The Morgan fingerprint density at radius 3 is 1.38 bits per heavy atom. The number of aryl methyl sites for hydroxylation is 3. The Labute approximate surface area is 447 Å². The van der Waals surface area contributed by atoms with E-state index in [0.29, 0.717) is 0 Å². The molecular formula is C69H83BN2S. The van der Waals surface area contributed by atoms with Gasteiger partial charge in [-0.05, 0) is 224 Å². The van der Waals surface area contributed by atoms with Crippen LogP contribution in [0.5, 0.6) is 0 Å². The summed E-state index contributed by atoms with van der Waals surface area (Å²) in [5, 5.41) is 0. The van der Waals surface area contributed by atoms with Gasteiger partial charge in [-0.25, -0.2) is 0 Å². The third-order valence-corrected chi connectivity index (χ3v) is 19.8. The van der Waals surface area contributed by atoms with Gasteiger partial charge in [0.2, 0.25) is 6.71 Å². The van der Waals surface area contributed by atoms with Crippen molar-refractivity contribution in [2.45, 2.75) is 206 Å². The molecule has 0 saturated heterocycles. The summed E-state index contributed by atoms with van der Waals surface area (Å²) in [7, 11) is 0. The van der Waals surface area contributed by atoms with Gasteiger partial charge in [0.05, 0.1) is 5.69 Å². The monoisotopic (exact) mass is 983 g/mol. The quantitative estimate of drug-likeness (QED) is 0.139. The predicted molar refractivity (Wildman–Crippen MR) is 321 cm³/mol. The number of hydrogen-bond acceptors (Lipinski definition) is 3. The van der Waals surface area contributed by atoms with Crippen molar-refractivity contribution in [2.75, 3.05) is 9.80 Å². The maximum Gasteiger partial charge on any atom is 0.244 e. The fourth-order valence-corrected chi connectivity index (χ4v) is 14.5. The van der Waals surface area contributed by atoms with Crippen molar-refractivity contribution >= 4 is 64.4 Å². The molecule has 0 saturated carbocycles. The van der Waals surface area contributed by atoms with Gasteiger partial charge in [-0.3, -0.25) is 0 Å². The van der Waals surface area contributed by atoms with Crippen LogP contribution in [-0.2, 0) is 37.9 Å². The van der Waals surface area contributed by atoms with Gasteiger partial charge in [0, 0.05) is 44.5 Å². The van der Waals surface area contributed by atoms with Crippen LogP contribution in [0.15, 0.2) is 102 Å². The van der Waals surface area contributed by atoms with Crippen LogP contribution < -0.4 is 20.7 Å². The van der Waals surface area contributed by atoms with E-state index in [2.05, 4.69) is 231 Å². The fourth-order valence-electron chi connectivity index (χ4n) is 14.2. The summed E-state index contributed by atoms with van der Waals surface area (Å²) in [6, 6.07) is 37.1. The van der Waals surface area contributed by atoms with Crippen LogP contribution in [0.4, 0.5) is 28.4 Å². The smallest absolute Gasteiger partial charge is 0.244 e. The number of benzene rings is 6. The summed E-state index contributed by atoms with van der Waals surface area (Å²) in [6.45, 7) is 43.7. The second kappa shape index (κ2) is 16.3. The summed E-state index contributed by atoms with van der Waals surface area (Å²) >= 11 is 5.54. The lowest BCUT2D eigenvalue weighted by Gasteiger charge is -2.48. The molecule has 0 atom stereocenters. The predicted octanol–water partition coefficient (Wildman–Crippen LogP) is 18.0. The largest absolute Gasteiger partial charge is 0.311 e. The van der Waals surface area contributed by atoms with E-state index in [4.69, 9.17) is 12.6 Å². The van der Waals surface area contributed by atoms with Crippen molar-refractivity contribution in [3.8, 4) is 11.1 Å². The number of rotatable bonds is 4. The molecule has 0 spiro atoms. The average molecular weight is 983 g/mol. The molecule has 6 aromatic carbocycles. The molecule has 4 heteroatoms. The molecule has 0 unspecified atom stereocenters. The normalized spacial score (nSPS) is 20.3. The van der Waals surface area contributed by atoms with Crippen molar-refractivity contribution in [3.63, 3.8) is 0 Å². The summed E-state index contributed by atoms with van der Waals surface area (Å²) in [5.74, 6) is 2.66. The topological polar surface area (TPSA) is 6.48 Å². The van der Waals surface area contributed by atoms with Crippen molar-refractivity contribution in [3.05, 3.63) is 158 Å². The van der Waals surface area contributed by atoms with Crippen molar-refractivity contribution < 1.29 is 0 Å². The number of thiol groups is 1. The highest BCUT2D eigenvalue weighted by atomic mass is 32.1. The molecule has 3 aliphatic carbocycles. The van der Waals surface area contributed by atoms with Gasteiger partial charge in [-0.1, -0.05) is 146 Å². The summed E-state index contributed by atoms with van der Waals surface area (Å²) in [5.41, 5.74) is 28.6. The Morgan fingerprint density at radius 1 is 0.466 bits per heavy atom. The third kappa shape index (κ3) is 7.86. The molecule has 2 nitrogen and oxygen atoms in total. The zero-order valence-electron chi connectivity index (χ0n) is 47.9. The Balaban J connectivity index is 1.29. The number of nitrogens with zero attached hydrogens (tertiary/aromatic N) is 2. The standard InChI is InChI=1S/C69H83BN2S/c1-41-32-57-62-58(33-41)72(55-37-51-49(65(9,10)26-29-67(51,13)14)35-47(55)61-42(2)20-19-21-43(61)3)56-38-52-50(66(11,12)28-30-68(52,15)16)36-54(56)70(62)40-59(71(57)45-24-22-44(23-25-45)63(4,5)6)46-34-48-53(39-60(46)73)69(17,18)31-27-64(48,7)8/h19-25,32-40,73H,26-31H2,1-18H3. The molecule has 0 fully saturated rings. The van der Waals surface area contributed by atoms with Gasteiger partial charge in [0.1, 0.15) is 0 Å². The zero-order valence-corrected chi connectivity index (χ0v) is 48.8. The van der Waals surface area contributed by atoms with E-state index in [1.165, 1.54) is 130 Å². The van der Waals surface area contributed by atoms with Gasteiger partial charge in [0.15, 0.2) is 0 Å². The number of fused-ring (bicyclic) bond motifs is 5. The Bertz CT molecular complexity index is 3310. The molecule has 0 aromatic heterocycles. The summed E-state index contributed by atoms with van der Waals surface area (Å²) in [6.07, 6.45) is 6.98. The molecule has 0 radical (unpaired) electrons. The van der Waals surface area contributed by atoms with Crippen LogP contribution in [0.2, 0.25) is 0 Å². The van der Waals surface area contributed by atoms with Crippen molar-refractivity contribution in [1.29, 1.82) is 0 Å². The second-order valence-corrected chi connectivity index (χ2v) is 29.1. The van der Waals surface area contributed by atoms with Gasteiger partial charge >= 0.3 is 0 Å². The first-order valence-electron chi connectivity index (χ1n) is 27.8. The van der Waals surface area contributed by atoms with E-state index in [-0.39, 0.29) is 44.6 Å². The van der Waals surface area contributed by atoms with Crippen LogP contribution >= 0.6 is 12.6 Å². The molecule has 2 aliphatic heterocycles. The highest BCUT2D eigenvalue weighted by Gasteiger charge is 2.47. The van der Waals surface area contributed by atoms with Crippen LogP contribution in [0.3, 0.4) is 0 Å². The van der Waals surface area contributed by atoms with Gasteiger partial charge in [0.25, 0.3) is 0 Å². The molecule has 5 aliphatic rings. The van der Waals surface area contributed by atoms with Crippen molar-refractivity contribution in [1.82, 2.24) is 0 Å². The van der Waals surface area contributed by atoms with Crippen molar-refractivity contribution in [2.24, 2.45) is 0 Å². The lowest BCUT2D eigenvalue weighted by Crippen LogP contribution is -2.54. The molecule has 0 amide bonds. The minimum Gasteiger partial charge on any atom is -0.311 e. The van der Waals surface area contributed by atoms with E-state index in [9.17, 15) is 0 Å². The number of anilines is 5. The molecule has 11 rings (SSSR count). The van der Waals surface area contributed by atoms with E-state index in [1.807, 2.05) is 0 Å². The number of hydrogen-bond donors (Lipinski definition) is 1.